The summed E-state index contributed by atoms with van der Waals surface area (Å²) < 4.78 is 5.42. The quantitative estimate of drug-likeness (QED) is 0.754. The molecule has 5 nitrogen and oxygen atoms in total. The van der Waals surface area contributed by atoms with Gasteiger partial charge < -0.3 is 20.5 Å². The zero-order valence-corrected chi connectivity index (χ0v) is 14.0. The number of ether oxygens (including phenoxy) is 1. The van der Waals surface area contributed by atoms with Crippen molar-refractivity contribution < 1.29 is 14.6 Å². The Hall–Kier alpha value is -1.75. The van der Waals surface area contributed by atoms with Gasteiger partial charge in [0.15, 0.2) is 0 Å². The first-order valence-corrected chi connectivity index (χ1v) is 8.53. The molecular weight excluding hydrogens is 292 g/mol. The maximum absolute atomic E-state index is 12.1. The van der Waals surface area contributed by atoms with E-state index in [1.165, 1.54) is 0 Å². The van der Waals surface area contributed by atoms with Crippen LogP contribution in [0.15, 0.2) is 24.3 Å². The summed E-state index contributed by atoms with van der Waals surface area (Å²) in [7, 11) is 0. The van der Waals surface area contributed by atoms with Crippen LogP contribution in [0.5, 0.6) is 5.75 Å². The fraction of sp³-hybridized carbons (Fsp3) is 0.611. The Morgan fingerprint density at radius 1 is 1.26 bits per heavy atom. The summed E-state index contributed by atoms with van der Waals surface area (Å²) in [5.74, 6) is 1.24. The van der Waals surface area contributed by atoms with Gasteiger partial charge in [-0.2, -0.15) is 0 Å². The van der Waals surface area contributed by atoms with Crippen molar-refractivity contribution in [2.45, 2.75) is 51.6 Å². The smallest absolute Gasteiger partial charge is 0.315 e. The Morgan fingerprint density at radius 2 is 1.91 bits per heavy atom. The molecule has 0 radical (unpaired) electrons. The van der Waals surface area contributed by atoms with Gasteiger partial charge in [-0.25, -0.2) is 4.79 Å². The van der Waals surface area contributed by atoms with Crippen molar-refractivity contribution in [3.05, 3.63) is 29.8 Å². The number of aliphatic hydroxyl groups is 1. The number of carbonyl (C=O) groups excluding carboxylic acids is 1. The van der Waals surface area contributed by atoms with E-state index < -0.39 is 0 Å². The van der Waals surface area contributed by atoms with E-state index in [2.05, 4.69) is 10.6 Å². The Labute approximate surface area is 138 Å². The topological polar surface area (TPSA) is 70.6 Å². The normalized spacial score (nSPS) is 22.2. The molecule has 0 saturated heterocycles. The van der Waals surface area contributed by atoms with Crippen LogP contribution in [-0.4, -0.2) is 30.4 Å². The van der Waals surface area contributed by atoms with Crippen LogP contribution in [0.3, 0.4) is 0 Å². The first-order chi connectivity index (χ1) is 11.1. The molecule has 1 atom stereocenters. The van der Waals surface area contributed by atoms with Crippen LogP contribution in [0.2, 0.25) is 0 Å². The van der Waals surface area contributed by atoms with E-state index in [4.69, 9.17) is 9.84 Å². The van der Waals surface area contributed by atoms with Crippen LogP contribution in [0.4, 0.5) is 4.79 Å². The number of hydrogen-bond donors (Lipinski definition) is 3. The predicted octanol–water partition coefficient (Wildman–Crippen LogP) is 3.00. The number of rotatable bonds is 6. The molecule has 1 aliphatic rings. The average Bonchev–Trinajstić information content (AvgIpc) is 2.56. The van der Waals surface area contributed by atoms with Gasteiger partial charge in [0, 0.05) is 12.6 Å². The first-order valence-electron chi connectivity index (χ1n) is 8.53. The van der Waals surface area contributed by atoms with Crippen molar-refractivity contribution in [3.8, 4) is 5.75 Å². The van der Waals surface area contributed by atoms with Crippen molar-refractivity contribution in [2.24, 2.45) is 5.92 Å². The summed E-state index contributed by atoms with van der Waals surface area (Å²) in [6.45, 7) is 4.83. The van der Waals surface area contributed by atoms with E-state index >= 15 is 0 Å². The minimum absolute atomic E-state index is 0.0561. The molecule has 1 aromatic carbocycles. The third-order valence-electron chi connectivity index (χ3n) is 4.48. The van der Waals surface area contributed by atoms with Gasteiger partial charge in [0.1, 0.15) is 5.75 Å². The number of hydrogen-bond acceptors (Lipinski definition) is 3. The van der Waals surface area contributed by atoms with Gasteiger partial charge in [-0.1, -0.05) is 12.1 Å². The van der Waals surface area contributed by atoms with Crippen LogP contribution in [0.25, 0.3) is 0 Å². The molecule has 0 aliphatic heterocycles. The number of aliphatic hydroxyl groups excluding tert-OH is 1. The third-order valence-corrected chi connectivity index (χ3v) is 4.48. The van der Waals surface area contributed by atoms with Crippen molar-refractivity contribution in [3.63, 3.8) is 0 Å². The van der Waals surface area contributed by atoms with Gasteiger partial charge in [0.2, 0.25) is 0 Å². The van der Waals surface area contributed by atoms with E-state index in [0.717, 1.165) is 37.0 Å². The number of benzene rings is 1. The van der Waals surface area contributed by atoms with Crippen LogP contribution in [-0.2, 0) is 0 Å². The highest BCUT2D eigenvalue weighted by atomic mass is 16.5. The van der Waals surface area contributed by atoms with Gasteiger partial charge in [-0.05, 0) is 63.1 Å². The average molecular weight is 320 g/mol. The molecule has 1 saturated carbocycles. The zero-order valence-electron chi connectivity index (χ0n) is 14.0. The largest absolute Gasteiger partial charge is 0.494 e. The molecule has 23 heavy (non-hydrogen) atoms. The standard InChI is InChI=1S/C18H28N2O3/c1-3-23-17-10-6-15(7-11-17)13(2)19-18(22)20-16-8-4-14(12-21)5-9-16/h6-7,10-11,13-14,16,21H,3-5,8-9,12H2,1-2H3,(H2,19,20,22). The monoisotopic (exact) mass is 320 g/mol. The lowest BCUT2D eigenvalue weighted by molar-refractivity contribution is 0.174. The summed E-state index contributed by atoms with van der Waals surface area (Å²) >= 11 is 0. The van der Waals surface area contributed by atoms with Crippen LogP contribution >= 0.6 is 0 Å². The molecule has 1 aliphatic carbocycles. The predicted molar refractivity (Wildman–Crippen MR) is 90.5 cm³/mol. The molecular formula is C18H28N2O3. The summed E-state index contributed by atoms with van der Waals surface area (Å²) in [6.07, 6.45) is 3.85. The number of urea groups is 1. The highest BCUT2D eigenvalue weighted by Crippen LogP contribution is 2.23. The van der Waals surface area contributed by atoms with Gasteiger partial charge >= 0.3 is 6.03 Å². The van der Waals surface area contributed by atoms with E-state index in [0.29, 0.717) is 12.5 Å². The second-order valence-electron chi connectivity index (χ2n) is 6.24. The van der Waals surface area contributed by atoms with E-state index in [9.17, 15) is 4.79 Å². The van der Waals surface area contributed by atoms with Crippen molar-refractivity contribution >= 4 is 6.03 Å². The molecule has 1 aromatic rings. The molecule has 1 unspecified atom stereocenters. The lowest BCUT2D eigenvalue weighted by Gasteiger charge is -2.28. The van der Waals surface area contributed by atoms with Gasteiger partial charge in [0.25, 0.3) is 0 Å². The Bertz CT molecular complexity index is 482. The van der Waals surface area contributed by atoms with E-state index in [1.54, 1.807) is 0 Å². The number of nitrogens with one attached hydrogen (secondary N) is 2. The highest BCUT2D eigenvalue weighted by molar-refractivity contribution is 5.74. The van der Waals surface area contributed by atoms with Crippen LogP contribution < -0.4 is 15.4 Å². The molecule has 0 heterocycles. The molecule has 1 fully saturated rings. The fourth-order valence-corrected chi connectivity index (χ4v) is 3.02. The molecule has 0 bridgehead atoms. The van der Waals surface area contributed by atoms with Crippen LogP contribution in [0.1, 0.15) is 51.1 Å². The third kappa shape index (κ3) is 5.43. The van der Waals surface area contributed by atoms with Crippen molar-refractivity contribution in [2.75, 3.05) is 13.2 Å². The SMILES string of the molecule is CCOc1ccc(C(C)NC(=O)NC2CCC(CO)CC2)cc1. The van der Waals surface area contributed by atoms with E-state index in [1.807, 2.05) is 38.1 Å². The zero-order chi connectivity index (χ0) is 16.7. The lowest BCUT2D eigenvalue weighted by Crippen LogP contribution is -2.44. The molecule has 128 valence electrons. The minimum atomic E-state index is -0.126. The Morgan fingerprint density at radius 3 is 2.48 bits per heavy atom. The van der Waals surface area contributed by atoms with E-state index in [-0.39, 0.29) is 24.7 Å². The highest BCUT2D eigenvalue weighted by Gasteiger charge is 2.22. The van der Waals surface area contributed by atoms with Crippen molar-refractivity contribution in [1.82, 2.24) is 10.6 Å². The summed E-state index contributed by atoms with van der Waals surface area (Å²) in [5.41, 5.74) is 1.05. The maximum atomic E-state index is 12.1. The van der Waals surface area contributed by atoms with Crippen LogP contribution in [0, 0.1) is 5.92 Å². The number of amides is 2. The molecule has 2 amide bonds. The first kappa shape index (κ1) is 17.6. The molecule has 5 heteroatoms. The summed E-state index contributed by atoms with van der Waals surface area (Å²) in [5, 5.41) is 15.2. The molecule has 3 N–H and O–H groups in total. The van der Waals surface area contributed by atoms with Crippen molar-refractivity contribution in [1.29, 1.82) is 0 Å². The number of carbonyl (C=O) groups is 1. The fourth-order valence-electron chi connectivity index (χ4n) is 3.02. The van der Waals surface area contributed by atoms with Gasteiger partial charge in [-0.15, -0.1) is 0 Å². The van der Waals surface area contributed by atoms with Gasteiger partial charge in [-0.3, -0.25) is 0 Å². The minimum Gasteiger partial charge on any atom is -0.494 e. The maximum Gasteiger partial charge on any atom is 0.315 e. The molecule has 0 aromatic heterocycles. The summed E-state index contributed by atoms with van der Waals surface area (Å²) in [6, 6.07) is 7.82. The Balaban J connectivity index is 1.78. The molecule has 2 rings (SSSR count). The second-order valence-corrected chi connectivity index (χ2v) is 6.24. The Kier molecular flexibility index (Phi) is 6.71. The second kappa shape index (κ2) is 8.77. The summed E-state index contributed by atoms with van der Waals surface area (Å²) in [4.78, 5) is 12.1. The molecule has 0 spiro atoms. The van der Waals surface area contributed by atoms with Gasteiger partial charge in [0.05, 0.1) is 12.6 Å². The lowest BCUT2D eigenvalue weighted by atomic mass is 9.87.